The number of benzene rings is 1. The lowest BCUT2D eigenvalue weighted by Crippen LogP contribution is -2.26. The quantitative estimate of drug-likeness (QED) is 0.928. The number of piperidine rings is 1. The van der Waals surface area contributed by atoms with Crippen molar-refractivity contribution >= 4 is 11.3 Å². The smallest absolute Gasteiger partial charge is 0.118 e. The van der Waals surface area contributed by atoms with Crippen molar-refractivity contribution in [3.05, 3.63) is 34.7 Å². The number of rotatable bonds is 3. The molecule has 100 valence electrons. The lowest BCUT2D eigenvalue weighted by molar-refractivity contribution is 0.411. The molecule has 1 aliphatic rings. The van der Waals surface area contributed by atoms with Gasteiger partial charge in [0.25, 0.3) is 0 Å². The molecule has 1 saturated heterocycles. The molecule has 19 heavy (non-hydrogen) atoms. The summed E-state index contributed by atoms with van der Waals surface area (Å²) in [5.74, 6) is 0.883. The number of nitrogens with zero attached hydrogens (tertiary/aromatic N) is 1. The maximum Gasteiger partial charge on any atom is 0.118 e. The molecule has 1 aliphatic heterocycles. The van der Waals surface area contributed by atoms with Crippen LogP contribution in [0.25, 0.3) is 11.3 Å². The Hall–Kier alpha value is -1.39. The average molecular weight is 274 g/mol. The third kappa shape index (κ3) is 2.80. The van der Waals surface area contributed by atoms with Crippen molar-refractivity contribution in [3.8, 4) is 17.0 Å². The summed E-state index contributed by atoms with van der Waals surface area (Å²) < 4.78 is 5.18. The third-order valence-corrected chi connectivity index (χ3v) is 4.47. The van der Waals surface area contributed by atoms with E-state index in [1.54, 1.807) is 18.4 Å². The Bertz CT molecular complexity index is 529. The lowest BCUT2D eigenvalue weighted by Gasteiger charge is -2.21. The summed E-state index contributed by atoms with van der Waals surface area (Å²) in [4.78, 5) is 4.77. The zero-order valence-electron chi connectivity index (χ0n) is 11.1. The first-order valence-corrected chi connectivity index (χ1v) is 7.58. The summed E-state index contributed by atoms with van der Waals surface area (Å²) in [7, 11) is 1.69. The molecule has 4 heteroatoms. The van der Waals surface area contributed by atoms with Crippen LogP contribution >= 0.6 is 11.3 Å². The van der Waals surface area contributed by atoms with Gasteiger partial charge in [-0.2, -0.15) is 0 Å². The maximum atomic E-state index is 5.18. The van der Waals surface area contributed by atoms with Crippen molar-refractivity contribution in [1.29, 1.82) is 0 Å². The van der Waals surface area contributed by atoms with Crippen molar-refractivity contribution in [1.82, 2.24) is 10.3 Å². The maximum absolute atomic E-state index is 5.18. The molecule has 1 N–H and O–H groups in total. The van der Waals surface area contributed by atoms with Crippen LogP contribution in [-0.2, 0) is 0 Å². The minimum atomic E-state index is 0.450. The van der Waals surface area contributed by atoms with Gasteiger partial charge >= 0.3 is 0 Å². The van der Waals surface area contributed by atoms with Gasteiger partial charge in [-0.3, -0.25) is 0 Å². The number of ether oxygens (including phenoxy) is 1. The summed E-state index contributed by atoms with van der Waals surface area (Å²) in [5.41, 5.74) is 2.22. The van der Waals surface area contributed by atoms with Crippen molar-refractivity contribution in [3.63, 3.8) is 0 Å². The van der Waals surface area contributed by atoms with Crippen molar-refractivity contribution in [2.45, 2.75) is 25.3 Å². The van der Waals surface area contributed by atoms with Crippen LogP contribution in [0.4, 0.5) is 0 Å². The van der Waals surface area contributed by atoms with Crippen LogP contribution in [0.5, 0.6) is 5.75 Å². The number of hydrogen-bond acceptors (Lipinski definition) is 4. The van der Waals surface area contributed by atoms with E-state index in [9.17, 15) is 0 Å². The van der Waals surface area contributed by atoms with Gasteiger partial charge in [0, 0.05) is 10.9 Å². The Morgan fingerprint density at radius 2 is 2.11 bits per heavy atom. The Kier molecular flexibility index (Phi) is 3.80. The molecule has 0 spiro atoms. The molecule has 2 heterocycles. The summed E-state index contributed by atoms with van der Waals surface area (Å²) >= 11 is 1.76. The van der Waals surface area contributed by atoms with Gasteiger partial charge in [-0.25, -0.2) is 4.98 Å². The Morgan fingerprint density at radius 3 is 2.79 bits per heavy atom. The van der Waals surface area contributed by atoms with Gasteiger partial charge in [-0.05, 0) is 43.7 Å². The number of aromatic nitrogens is 1. The lowest BCUT2D eigenvalue weighted by atomic mass is 10.1. The monoisotopic (exact) mass is 274 g/mol. The third-order valence-electron chi connectivity index (χ3n) is 3.52. The first-order chi connectivity index (χ1) is 9.36. The van der Waals surface area contributed by atoms with Crippen LogP contribution in [0, 0.1) is 0 Å². The summed E-state index contributed by atoms with van der Waals surface area (Å²) in [6.45, 7) is 1.11. The van der Waals surface area contributed by atoms with Crippen molar-refractivity contribution < 1.29 is 4.74 Å². The zero-order valence-corrected chi connectivity index (χ0v) is 11.9. The molecular formula is C15H18N2OS. The molecule has 1 unspecified atom stereocenters. The van der Waals surface area contributed by atoms with Crippen LogP contribution in [0.1, 0.15) is 30.3 Å². The van der Waals surface area contributed by atoms with Gasteiger partial charge < -0.3 is 10.1 Å². The Morgan fingerprint density at radius 1 is 1.26 bits per heavy atom. The fraction of sp³-hybridized carbons (Fsp3) is 0.400. The Balaban J connectivity index is 1.79. The molecule has 0 radical (unpaired) electrons. The predicted octanol–water partition coefficient (Wildman–Crippen LogP) is 3.63. The second-order valence-electron chi connectivity index (χ2n) is 4.80. The van der Waals surface area contributed by atoms with Gasteiger partial charge in [0.05, 0.1) is 18.8 Å². The average Bonchev–Trinajstić information content (AvgIpc) is 2.98. The topological polar surface area (TPSA) is 34.1 Å². The van der Waals surface area contributed by atoms with E-state index in [0.29, 0.717) is 6.04 Å². The molecule has 3 rings (SSSR count). The first-order valence-electron chi connectivity index (χ1n) is 6.70. The number of hydrogen-bond donors (Lipinski definition) is 1. The van der Waals surface area contributed by atoms with Crippen molar-refractivity contribution in [2.24, 2.45) is 0 Å². The molecule has 1 aromatic heterocycles. The van der Waals surface area contributed by atoms with Gasteiger partial charge in [0.2, 0.25) is 0 Å². The van der Waals surface area contributed by atoms with Crippen LogP contribution in [0.2, 0.25) is 0 Å². The second kappa shape index (κ2) is 5.72. The van der Waals surface area contributed by atoms with Gasteiger partial charge in [0.1, 0.15) is 10.8 Å². The van der Waals surface area contributed by atoms with Crippen LogP contribution in [0.15, 0.2) is 29.6 Å². The van der Waals surface area contributed by atoms with E-state index in [1.165, 1.54) is 24.3 Å². The molecule has 0 aliphatic carbocycles. The fourth-order valence-corrected chi connectivity index (χ4v) is 3.34. The normalized spacial score (nSPS) is 19.3. The van der Waals surface area contributed by atoms with Crippen LogP contribution in [-0.4, -0.2) is 18.6 Å². The zero-order chi connectivity index (χ0) is 13.1. The molecule has 1 fully saturated rings. The number of thiazole rings is 1. The standard InChI is InChI=1S/C15H18N2OS/c1-18-12-7-5-11(6-8-12)14-10-19-15(17-14)13-4-2-3-9-16-13/h5-8,10,13,16H,2-4,9H2,1H3. The molecule has 1 atom stereocenters. The minimum absolute atomic E-state index is 0.450. The molecule has 0 amide bonds. The fourth-order valence-electron chi connectivity index (χ4n) is 2.40. The van der Waals surface area contributed by atoms with E-state index in [0.717, 1.165) is 23.6 Å². The van der Waals surface area contributed by atoms with E-state index in [2.05, 4.69) is 22.8 Å². The summed E-state index contributed by atoms with van der Waals surface area (Å²) in [5, 5.41) is 6.91. The van der Waals surface area contributed by atoms with Crippen molar-refractivity contribution in [2.75, 3.05) is 13.7 Å². The predicted molar refractivity (Wildman–Crippen MR) is 78.7 cm³/mol. The van der Waals surface area contributed by atoms with Crippen LogP contribution < -0.4 is 10.1 Å². The van der Waals surface area contributed by atoms with Gasteiger partial charge in [0.15, 0.2) is 0 Å². The minimum Gasteiger partial charge on any atom is -0.497 e. The molecule has 2 aromatic rings. The second-order valence-corrected chi connectivity index (χ2v) is 5.69. The molecule has 0 bridgehead atoms. The Labute approximate surface area is 117 Å². The molecular weight excluding hydrogens is 256 g/mol. The highest BCUT2D eigenvalue weighted by atomic mass is 32.1. The van der Waals surface area contributed by atoms with Gasteiger partial charge in [-0.15, -0.1) is 11.3 Å². The first kappa shape index (κ1) is 12.6. The van der Waals surface area contributed by atoms with E-state index in [4.69, 9.17) is 9.72 Å². The summed E-state index contributed by atoms with van der Waals surface area (Å²) in [6, 6.07) is 8.53. The van der Waals surface area contributed by atoms with Crippen LogP contribution in [0.3, 0.4) is 0 Å². The molecule has 0 saturated carbocycles. The number of nitrogens with one attached hydrogen (secondary N) is 1. The van der Waals surface area contributed by atoms with E-state index < -0.39 is 0 Å². The highest BCUT2D eigenvalue weighted by molar-refractivity contribution is 7.10. The largest absolute Gasteiger partial charge is 0.497 e. The summed E-state index contributed by atoms with van der Waals surface area (Å²) in [6.07, 6.45) is 3.79. The SMILES string of the molecule is COc1ccc(-c2csc(C3CCCCN3)n2)cc1. The number of methoxy groups -OCH3 is 1. The molecule has 1 aromatic carbocycles. The van der Waals surface area contributed by atoms with E-state index >= 15 is 0 Å². The van der Waals surface area contributed by atoms with E-state index in [1.807, 2.05) is 12.1 Å². The highest BCUT2D eigenvalue weighted by Crippen LogP contribution is 2.30. The molecule has 3 nitrogen and oxygen atoms in total. The van der Waals surface area contributed by atoms with Gasteiger partial charge in [-0.1, -0.05) is 6.42 Å². The van der Waals surface area contributed by atoms with E-state index in [-0.39, 0.29) is 0 Å². The highest BCUT2D eigenvalue weighted by Gasteiger charge is 2.18.